The summed E-state index contributed by atoms with van der Waals surface area (Å²) in [4.78, 5) is 4.74. The highest BCUT2D eigenvalue weighted by molar-refractivity contribution is 6.42. The molecular formula is C16H17Cl3N2. The number of imidazole rings is 1. The first-order valence-corrected chi connectivity index (χ1v) is 8.76. The van der Waals surface area contributed by atoms with Crippen molar-refractivity contribution in [3.8, 4) is 0 Å². The van der Waals surface area contributed by atoms with E-state index >= 15 is 0 Å². The molecule has 2 aromatic rings. The minimum Gasteiger partial charge on any atom is -0.323 e. The zero-order valence-corrected chi connectivity index (χ0v) is 14.1. The van der Waals surface area contributed by atoms with Crippen LogP contribution in [-0.2, 0) is 0 Å². The van der Waals surface area contributed by atoms with Gasteiger partial charge in [-0.15, -0.1) is 11.6 Å². The smallest absolute Gasteiger partial charge is 0.127 e. The summed E-state index contributed by atoms with van der Waals surface area (Å²) in [5, 5.41) is 1.02. The summed E-state index contributed by atoms with van der Waals surface area (Å²) in [7, 11) is 0. The third-order valence-electron chi connectivity index (χ3n) is 4.62. The summed E-state index contributed by atoms with van der Waals surface area (Å²) in [5.41, 5.74) is 1.98. The van der Waals surface area contributed by atoms with Gasteiger partial charge in [0.2, 0.25) is 0 Å². The van der Waals surface area contributed by atoms with Gasteiger partial charge in [-0.1, -0.05) is 23.2 Å². The van der Waals surface area contributed by atoms with Crippen molar-refractivity contribution in [2.75, 3.05) is 0 Å². The van der Waals surface area contributed by atoms with Crippen LogP contribution >= 0.6 is 34.8 Å². The quantitative estimate of drug-likeness (QED) is 0.622. The van der Waals surface area contributed by atoms with Crippen LogP contribution in [-0.4, -0.2) is 9.55 Å². The van der Waals surface area contributed by atoms with Crippen LogP contribution in [0, 0.1) is 11.8 Å². The molecule has 2 aliphatic rings. The number of halogens is 3. The summed E-state index contributed by atoms with van der Waals surface area (Å²) < 4.78 is 2.37. The normalized spacial score (nSPS) is 20.4. The first-order valence-electron chi connectivity index (χ1n) is 7.57. The van der Waals surface area contributed by atoms with Gasteiger partial charge >= 0.3 is 0 Å². The standard InChI is InChI=1S/C16H17Cl3N2/c1-8(17)16-20-13-6-11(18)12(19)7-14(13)21(16)15(9-2-3-9)10-4-5-10/h6-10,15H,2-5H2,1H3. The third kappa shape index (κ3) is 2.46. The monoisotopic (exact) mass is 342 g/mol. The van der Waals surface area contributed by atoms with Crippen LogP contribution in [0.5, 0.6) is 0 Å². The Kier molecular flexibility index (Phi) is 3.40. The van der Waals surface area contributed by atoms with Crippen molar-refractivity contribution < 1.29 is 0 Å². The van der Waals surface area contributed by atoms with Crippen LogP contribution in [0.25, 0.3) is 11.0 Å². The number of fused-ring (bicyclic) bond motifs is 1. The number of hydrogen-bond acceptors (Lipinski definition) is 1. The topological polar surface area (TPSA) is 17.8 Å². The molecule has 2 aliphatic carbocycles. The lowest BCUT2D eigenvalue weighted by Gasteiger charge is -2.22. The van der Waals surface area contributed by atoms with E-state index in [9.17, 15) is 0 Å². The fourth-order valence-electron chi connectivity index (χ4n) is 3.38. The molecule has 0 aliphatic heterocycles. The molecule has 1 unspecified atom stereocenters. The number of aromatic nitrogens is 2. The predicted octanol–water partition coefficient (Wildman–Crippen LogP) is 6.00. The number of nitrogens with zero attached hydrogens (tertiary/aromatic N) is 2. The van der Waals surface area contributed by atoms with E-state index < -0.39 is 0 Å². The summed E-state index contributed by atoms with van der Waals surface area (Å²) in [6.45, 7) is 1.99. The Morgan fingerprint density at radius 1 is 1.10 bits per heavy atom. The minimum atomic E-state index is -0.116. The SMILES string of the molecule is CC(Cl)c1nc2cc(Cl)c(Cl)cc2n1C(C1CC1)C1CC1. The van der Waals surface area contributed by atoms with Crippen LogP contribution in [0.2, 0.25) is 10.0 Å². The van der Waals surface area contributed by atoms with E-state index in [0.29, 0.717) is 16.1 Å². The molecule has 112 valence electrons. The van der Waals surface area contributed by atoms with Crippen molar-refractivity contribution in [1.29, 1.82) is 0 Å². The van der Waals surface area contributed by atoms with E-state index in [1.165, 1.54) is 25.7 Å². The van der Waals surface area contributed by atoms with E-state index in [2.05, 4.69) is 4.57 Å². The molecule has 1 aromatic heterocycles. The number of alkyl halides is 1. The van der Waals surface area contributed by atoms with E-state index in [1.807, 2.05) is 19.1 Å². The van der Waals surface area contributed by atoms with Crippen LogP contribution in [0.1, 0.15) is 49.9 Å². The number of benzene rings is 1. The molecule has 0 spiro atoms. The van der Waals surface area contributed by atoms with E-state index in [0.717, 1.165) is 28.7 Å². The van der Waals surface area contributed by atoms with E-state index in [4.69, 9.17) is 39.8 Å². The van der Waals surface area contributed by atoms with Crippen molar-refractivity contribution in [3.05, 3.63) is 28.0 Å². The zero-order valence-electron chi connectivity index (χ0n) is 11.8. The van der Waals surface area contributed by atoms with Gasteiger partial charge in [0.25, 0.3) is 0 Å². The van der Waals surface area contributed by atoms with Crippen molar-refractivity contribution >= 4 is 45.8 Å². The van der Waals surface area contributed by atoms with Crippen LogP contribution in [0.4, 0.5) is 0 Å². The highest BCUT2D eigenvalue weighted by Gasteiger charge is 2.44. The molecule has 1 heterocycles. The molecule has 2 saturated carbocycles. The van der Waals surface area contributed by atoms with E-state index in [-0.39, 0.29) is 5.38 Å². The molecule has 0 radical (unpaired) electrons. The zero-order chi connectivity index (χ0) is 14.7. The molecule has 1 atom stereocenters. The molecule has 0 bridgehead atoms. The van der Waals surface area contributed by atoms with Crippen molar-refractivity contribution in [2.24, 2.45) is 11.8 Å². The van der Waals surface area contributed by atoms with Gasteiger partial charge in [-0.25, -0.2) is 4.98 Å². The van der Waals surface area contributed by atoms with Crippen molar-refractivity contribution in [1.82, 2.24) is 9.55 Å². The summed E-state index contributed by atoms with van der Waals surface area (Å²) >= 11 is 18.8. The fraction of sp³-hybridized carbons (Fsp3) is 0.562. The second-order valence-corrected chi connectivity index (χ2v) is 7.85. The van der Waals surface area contributed by atoms with Gasteiger partial charge in [-0.3, -0.25) is 0 Å². The van der Waals surface area contributed by atoms with Gasteiger partial charge in [0.15, 0.2) is 0 Å². The Bertz CT molecular complexity index is 687. The molecule has 0 saturated heterocycles. The van der Waals surface area contributed by atoms with Gasteiger partial charge < -0.3 is 4.57 Å². The molecular weight excluding hydrogens is 327 g/mol. The lowest BCUT2D eigenvalue weighted by Crippen LogP contribution is -2.16. The Balaban J connectivity index is 1.95. The largest absolute Gasteiger partial charge is 0.323 e. The summed E-state index contributed by atoms with van der Waals surface area (Å²) in [6, 6.07) is 4.34. The summed E-state index contributed by atoms with van der Waals surface area (Å²) in [6.07, 6.45) is 5.27. The van der Waals surface area contributed by atoms with Crippen molar-refractivity contribution in [3.63, 3.8) is 0 Å². The lowest BCUT2D eigenvalue weighted by molar-refractivity contribution is 0.392. The maximum atomic E-state index is 6.40. The molecule has 0 amide bonds. The predicted molar refractivity (Wildman–Crippen MR) is 88.5 cm³/mol. The minimum absolute atomic E-state index is 0.116. The Hall–Kier alpha value is -0.440. The molecule has 2 nitrogen and oxygen atoms in total. The maximum absolute atomic E-state index is 6.40. The van der Waals surface area contributed by atoms with Gasteiger partial charge in [0, 0.05) is 6.04 Å². The Labute approximate surface area is 139 Å². The average molecular weight is 344 g/mol. The van der Waals surface area contributed by atoms with Crippen molar-refractivity contribution in [2.45, 2.75) is 44.0 Å². The number of hydrogen-bond donors (Lipinski definition) is 0. The van der Waals surface area contributed by atoms with Gasteiger partial charge in [0.05, 0.1) is 26.5 Å². The van der Waals surface area contributed by atoms with Gasteiger partial charge in [0.1, 0.15) is 5.82 Å². The fourth-order valence-corrected chi connectivity index (χ4v) is 3.85. The Morgan fingerprint density at radius 3 is 2.19 bits per heavy atom. The highest BCUT2D eigenvalue weighted by Crippen LogP contribution is 2.54. The highest BCUT2D eigenvalue weighted by atomic mass is 35.5. The molecule has 21 heavy (non-hydrogen) atoms. The molecule has 5 heteroatoms. The van der Waals surface area contributed by atoms with Gasteiger partial charge in [-0.05, 0) is 56.6 Å². The maximum Gasteiger partial charge on any atom is 0.127 e. The van der Waals surface area contributed by atoms with Crippen LogP contribution in [0.15, 0.2) is 12.1 Å². The Morgan fingerprint density at radius 2 is 1.67 bits per heavy atom. The van der Waals surface area contributed by atoms with Crippen LogP contribution in [0.3, 0.4) is 0 Å². The molecule has 2 fully saturated rings. The summed E-state index contributed by atoms with van der Waals surface area (Å²) in [5.74, 6) is 2.51. The van der Waals surface area contributed by atoms with E-state index in [1.54, 1.807) is 0 Å². The molecule has 4 rings (SSSR count). The average Bonchev–Trinajstić information content (AvgIpc) is 3.31. The molecule has 1 aromatic carbocycles. The first-order chi connectivity index (χ1) is 10.1. The third-order valence-corrected chi connectivity index (χ3v) is 5.54. The second kappa shape index (κ2) is 5.04. The lowest BCUT2D eigenvalue weighted by atomic mass is 10.1. The van der Waals surface area contributed by atoms with Crippen LogP contribution < -0.4 is 0 Å². The second-order valence-electron chi connectivity index (χ2n) is 6.38. The van der Waals surface area contributed by atoms with Gasteiger partial charge in [-0.2, -0.15) is 0 Å². The number of rotatable bonds is 4. The molecule has 0 N–H and O–H groups in total. The first kappa shape index (κ1) is 14.2.